The average Bonchev–Trinajstić information content (AvgIpc) is 3.38. The molecule has 0 spiro atoms. The van der Waals surface area contributed by atoms with E-state index in [0.717, 1.165) is 73.4 Å². The first-order chi connectivity index (χ1) is 18.6. The van der Waals surface area contributed by atoms with Crippen molar-refractivity contribution in [3.63, 3.8) is 0 Å². The molecule has 2 saturated heterocycles. The zero-order valence-corrected chi connectivity index (χ0v) is 21.4. The lowest BCUT2D eigenvalue weighted by molar-refractivity contribution is 0.102. The van der Waals surface area contributed by atoms with Gasteiger partial charge in [-0.05, 0) is 80.2 Å². The highest BCUT2D eigenvalue weighted by molar-refractivity contribution is 6.11. The van der Waals surface area contributed by atoms with Gasteiger partial charge in [0, 0.05) is 43.0 Å². The fourth-order valence-corrected chi connectivity index (χ4v) is 5.41. The van der Waals surface area contributed by atoms with Gasteiger partial charge in [-0.3, -0.25) is 19.8 Å². The van der Waals surface area contributed by atoms with Crippen molar-refractivity contribution >= 4 is 28.3 Å². The summed E-state index contributed by atoms with van der Waals surface area (Å²) in [5.74, 6) is 0.557. The monoisotopic (exact) mass is 511 g/mol. The van der Waals surface area contributed by atoms with Crippen molar-refractivity contribution in [3.05, 3.63) is 66.2 Å². The number of piperidine rings is 2. The highest BCUT2D eigenvalue weighted by Gasteiger charge is 2.19. The molecule has 38 heavy (non-hydrogen) atoms. The summed E-state index contributed by atoms with van der Waals surface area (Å²) in [7, 11) is 0. The van der Waals surface area contributed by atoms with E-state index in [9.17, 15) is 9.90 Å². The normalized spacial score (nSPS) is 17.1. The first-order valence-corrected chi connectivity index (χ1v) is 13.5. The van der Waals surface area contributed by atoms with Crippen LogP contribution in [0.2, 0.25) is 0 Å². The Morgan fingerprint density at radius 1 is 0.974 bits per heavy atom. The molecule has 9 nitrogen and oxygen atoms in total. The first-order valence-electron chi connectivity index (χ1n) is 13.5. The minimum Gasteiger partial charge on any atom is -0.393 e. The van der Waals surface area contributed by atoms with E-state index in [2.05, 4.69) is 41.3 Å². The molecule has 1 amide bonds. The number of benzene rings is 1. The Balaban J connectivity index is 1.17. The predicted octanol–water partition coefficient (Wildman–Crippen LogP) is 4.22. The SMILES string of the molecule is O=C(Nc1ccc(N2CCC(O)CC2)nc1)c1n[nH]c2ccc(-c3cncc(CN4CCCCC4)c3)cc12. The number of likely N-dealkylation sites (tertiary alicyclic amines) is 1. The highest BCUT2D eigenvalue weighted by Crippen LogP contribution is 2.27. The summed E-state index contributed by atoms with van der Waals surface area (Å²) < 4.78 is 0. The van der Waals surface area contributed by atoms with Gasteiger partial charge < -0.3 is 15.3 Å². The molecule has 3 N–H and O–H groups in total. The molecule has 0 unspecified atom stereocenters. The van der Waals surface area contributed by atoms with Crippen LogP contribution < -0.4 is 10.2 Å². The molecular weight excluding hydrogens is 478 g/mol. The van der Waals surface area contributed by atoms with Crippen molar-refractivity contribution in [2.45, 2.75) is 44.8 Å². The van der Waals surface area contributed by atoms with Gasteiger partial charge in [-0.25, -0.2) is 4.98 Å². The molecule has 0 aliphatic carbocycles. The summed E-state index contributed by atoms with van der Waals surface area (Å²) in [6.45, 7) is 4.75. The average molecular weight is 512 g/mol. The first kappa shape index (κ1) is 24.5. The summed E-state index contributed by atoms with van der Waals surface area (Å²) in [4.78, 5) is 26.8. The molecule has 4 aromatic rings. The molecule has 9 heteroatoms. The number of aliphatic hydroxyl groups excluding tert-OH is 1. The Kier molecular flexibility index (Phi) is 7.02. The second-order valence-electron chi connectivity index (χ2n) is 10.3. The molecule has 196 valence electrons. The van der Waals surface area contributed by atoms with E-state index in [0.29, 0.717) is 11.4 Å². The predicted molar refractivity (Wildman–Crippen MR) is 148 cm³/mol. The summed E-state index contributed by atoms with van der Waals surface area (Å²) in [6, 6.07) is 11.9. The molecule has 0 bridgehead atoms. The number of amides is 1. The van der Waals surface area contributed by atoms with Crippen LogP contribution in [0.5, 0.6) is 0 Å². The van der Waals surface area contributed by atoms with Gasteiger partial charge in [0.05, 0.1) is 23.5 Å². The Labute approximate surface area is 221 Å². The molecule has 2 aliphatic heterocycles. The number of fused-ring (bicyclic) bond motifs is 1. The van der Waals surface area contributed by atoms with E-state index < -0.39 is 0 Å². The van der Waals surface area contributed by atoms with E-state index >= 15 is 0 Å². The van der Waals surface area contributed by atoms with E-state index in [1.165, 1.54) is 24.8 Å². The second kappa shape index (κ2) is 10.9. The maximum atomic E-state index is 13.2. The zero-order chi connectivity index (χ0) is 25.9. The van der Waals surface area contributed by atoms with Crippen molar-refractivity contribution < 1.29 is 9.90 Å². The van der Waals surface area contributed by atoms with Gasteiger partial charge in [0.15, 0.2) is 5.69 Å². The number of hydrogen-bond acceptors (Lipinski definition) is 7. The van der Waals surface area contributed by atoms with Crippen LogP contribution in [-0.2, 0) is 6.54 Å². The van der Waals surface area contributed by atoms with Crippen LogP contribution in [0.4, 0.5) is 11.5 Å². The van der Waals surface area contributed by atoms with Gasteiger partial charge >= 0.3 is 0 Å². The van der Waals surface area contributed by atoms with Crippen LogP contribution in [0.25, 0.3) is 22.0 Å². The number of aromatic amines is 1. The number of aliphatic hydroxyl groups is 1. The van der Waals surface area contributed by atoms with Gasteiger partial charge in [-0.1, -0.05) is 12.5 Å². The Hall–Kier alpha value is -3.82. The van der Waals surface area contributed by atoms with Crippen molar-refractivity contribution in [3.8, 4) is 11.1 Å². The lowest BCUT2D eigenvalue weighted by Gasteiger charge is -2.30. The maximum absolute atomic E-state index is 13.2. The smallest absolute Gasteiger partial charge is 0.276 e. The van der Waals surface area contributed by atoms with E-state index in [1.54, 1.807) is 6.20 Å². The fraction of sp³-hybridized carbons (Fsp3) is 0.379. The van der Waals surface area contributed by atoms with E-state index in [-0.39, 0.29) is 12.0 Å². The number of pyridine rings is 2. The number of nitrogens with zero attached hydrogens (tertiary/aromatic N) is 5. The quantitative estimate of drug-likeness (QED) is 0.356. The van der Waals surface area contributed by atoms with Crippen LogP contribution in [0.15, 0.2) is 55.0 Å². The number of rotatable bonds is 6. The summed E-state index contributed by atoms with van der Waals surface area (Å²) in [5.41, 5.74) is 4.98. The van der Waals surface area contributed by atoms with Crippen LogP contribution in [-0.4, -0.2) is 68.4 Å². The third kappa shape index (κ3) is 5.39. The number of carbonyl (C=O) groups is 1. The number of hydrogen-bond donors (Lipinski definition) is 3. The largest absolute Gasteiger partial charge is 0.393 e. The summed E-state index contributed by atoms with van der Waals surface area (Å²) in [5, 5.41) is 20.7. The maximum Gasteiger partial charge on any atom is 0.276 e. The van der Waals surface area contributed by atoms with Crippen LogP contribution in [0.3, 0.4) is 0 Å². The van der Waals surface area contributed by atoms with Crippen LogP contribution in [0, 0.1) is 0 Å². The van der Waals surface area contributed by atoms with E-state index in [4.69, 9.17) is 0 Å². The Morgan fingerprint density at radius 2 is 1.82 bits per heavy atom. The van der Waals surface area contributed by atoms with Crippen molar-refractivity contribution in [1.29, 1.82) is 0 Å². The molecular formula is C29H33N7O2. The van der Waals surface area contributed by atoms with E-state index in [1.807, 2.05) is 42.7 Å². The lowest BCUT2D eigenvalue weighted by Crippen LogP contribution is -2.36. The van der Waals surface area contributed by atoms with Gasteiger partial charge in [-0.2, -0.15) is 5.10 Å². The third-order valence-electron chi connectivity index (χ3n) is 7.56. The lowest BCUT2D eigenvalue weighted by atomic mass is 10.0. The van der Waals surface area contributed by atoms with Gasteiger partial charge in [0.25, 0.3) is 5.91 Å². The molecule has 0 radical (unpaired) electrons. The molecule has 2 fully saturated rings. The van der Waals surface area contributed by atoms with Crippen molar-refractivity contribution in [2.24, 2.45) is 0 Å². The topological polar surface area (TPSA) is 110 Å². The number of nitrogens with one attached hydrogen (secondary N) is 2. The third-order valence-corrected chi connectivity index (χ3v) is 7.56. The zero-order valence-electron chi connectivity index (χ0n) is 21.4. The molecule has 5 heterocycles. The molecule has 6 rings (SSSR count). The summed E-state index contributed by atoms with van der Waals surface area (Å²) in [6.07, 6.45) is 10.6. The number of carbonyl (C=O) groups excluding carboxylic acids is 1. The van der Waals surface area contributed by atoms with Gasteiger partial charge in [0.1, 0.15) is 5.82 Å². The standard InChI is InChI=1S/C29H33N7O2/c37-24-8-12-36(13-9-24)27-7-5-23(18-31-27)32-29(38)28-25-15-21(4-6-26(25)33-34-28)22-14-20(16-30-17-22)19-35-10-2-1-3-11-35/h4-7,14-18,24,37H,1-3,8-13,19H2,(H,32,38)(H,33,34). The molecule has 2 aliphatic rings. The molecule has 3 aromatic heterocycles. The molecule has 0 saturated carbocycles. The number of anilines is 2. The minimum atomic E-state index is -0.291. The van der Waals surface area contributed by atoms with Crippen molar-refractivity contribution in [1.82, 2.24) is 25.1 Å². The fourth-order valence-electron chi connectivity index (χ4n) is 5.41. The molecule has 1 aromatic carbocycles. The van der Waals surface area contributed by atoms with Crippen LogP contribution in [0.1, 0.15) is 48.2 Å². The number of H-pyrrole nitrogens is 1. The second-order valence-corrected chi connectivity index (χ2v) is 10.3. The Bertz CT molecular complexity index is 1400. The van der Waals surface area contributed by atoms with Gasteiger partial charge in [0.2, 0.25) is 0 Å². The minimum absolute atomic E-state index is 0.228. The van der Waals surface area contributed by atoms with Crippen molar-refractivity contribution in [2.75, 3.05) is 36.4 Å². The van der Waals surface area contributed by atoms with Gasteiger partial charge in [-0.15, -0.1) is 0 Å². The van der Waals surface area contributed by atoms with Crippen LogP contribution >= 0.6 is 0 Å². The Morgan fingerprint density at radius 3 is 2.61 bits per heavy atom. The molecule has 0 atom stereocenters. The highest BCUT2D eigenvalue weighted by atomic mass is 16.3. The summed E-state index contributed by atoms with van der Waals surface area (Å²) >= 11 is 0. The number of aromatic nitrogens is 4.